The van der Waals surface area contributed by atoms with E-state index in [1.807, 2.05) is 0 Å². The van der Waals surface area contributed by atoms with Crippen molar-refractivity contribution in [2.45, 2.75) is 25.7 Å². The van der Waals surface area contributed by atoms with Gasteiger partial charge in [-0.3, -0.25) is 4.79 Å². The van der Waals surface area contributed by atoms with Crippen molar-refractivity contribution in [1.29, 1.82) is 0 Å². The summed E-state index contributed by atoms with van der Waals surface area (Å²) in [5.74, 6) is 0.502. The molecule has 1 heterocycles. The molecule has 1 aliphatic heterocycles. The quantitative estimate of drug-likeness (QED) is 0.609. The largest absolute Gasteiger partial charge is 0.385 e. The van der Waals surface area contributed by atoms with Crippen LogP contribution in [-0.4, -0.2) is 32.7 Å². The minimum absolute atomic E-state index is 0.158. The van der Waals surface area contributed by atoms with Crippen molar-refractivity contribution in [3.05, 3.63) is 0 Å². The Morgan fingerprint density at radius 3 is 3.08 bits per heavy atom. The van der Waals surface area contributed by atoms with Gasteiger partial charge in [-0.1, -0.05) is 0 Å². The fourth-order valence-corrected chi connectivity index (χ4v) is 1.59. The van der Waals surface area contributed by atoms with Crippen LogP contribution in [0.3, 0.4) is 0 Å². The Balaban J connectivity index is 2.13. The second-order valence-corrected chi connectivity index (χ2v) is 3.48. The highest BCUT2D eigenvalue weighted by Crippen LogP contribution is 2.16. The Morgan fingerprint density at radius 2 is 2.46 bits per heavy atom. The smallest absolute Gasteiger partial charge is 0.138 e. The molecule has 0 aliphatic carbocycles. The van der Waals surface area contributed by atoms with Crippen LogP contribution in [0.25, 0.3) is 0 Å². The number of methoxy groups -OCH3 is 1. The Labute approximate surface area is 79.4 Å². The van der Waals surface area contributed by atoms with Crippen LogP contribution >= 0.6 is 0 Å². The van der Waals surface area contributed by atoms with Crippen molar-refractivity contribution >= 4 is 5.78 Å². The maximum Gasteiger partial charge on any atom is 0.138 e. The van der Waals surface area contributed by atoms with Crippen molar-refractivity contribution < 1.29 is 14.3 Å². The SMILES string of the molecule is COCCCC(=O)C1CCCOC1. The summed E-state index contributed by atoms with van der Waals surface area (Å²) in [7, 11) is 1.66. The van der Waals surface area contributed by atoms with Crippen LogP contribution in [0.4, 0.5) is 0 Å². The van der Waals surface area contributed by atoms with Crippen molar-refractivity contribution in [2.24, 2.45) is 5.92 Å². The van der Waals surface area contributed by atoms with E-state index in [9.17, 15) is 4.79 Å². The van der Waals surface area contributed by atoms with E-state index in [2.05, 4.69) is 0 Å². The Bertz CT molecular complexity index is 150. The van der Waals surface area contributed by atoms with Gasteiger partial charge in [-0.05, 0) is 19.3 Å². The van der Waals surface area contributed by atoms with E-state index < -0.39 is 0 Å². The molecular formula is C10H18O3. The lowest BCUT2D eigenvalue weighted by molar-refractivity contribution is -0.127. The Hall–Kier alpha value is -0.410. The Kier molecular flexibility index (Phi) is 5.01. The zero-order valence-corrected chi connectivity index (χ0v) is 8.25. The number of ketones is 1. The predicted molar refractivity (Wildman–Crippen MR) is 49.7 cm³/mol. The molecule has 1 atom stereocenters. The molecular weight excluding hydrogens is 168 g/mol. The van der Waals surface area contributed by atoms with Gasteiger partial charge in [-0.25, -0.2) is 0 Å². The lowest BCUT2D eigenvalue weighted by atomic mass is 9.95. The fourth-order valence-electron chi connectivity index (χ4n) is 1.59. The topological polar surface area (TPSA) is 35.5 Å². The first-order chi connectivity index (χ1) is 6.34. The first kappa shape index (κ1) is 10.7. The van der Waals surface area contributed by atoms with Gasteiger partial charge >= 0.3 is 0 Å². The van der Waals surface area contributed by atoms with Crippen LogP contribution in [0.1, 0.15) is 25.7 Å². The van der Waals surface area contributed by atoms with E-state index >= 15 is 0 Å². The first-order valence-corrected chi connectivity index (χ1v) is 4.94. The van der Waals surface area contributed by atoms with Crippen molar-refractivity contribution in [1.82, 2.24) is 0 Å². The van der Waals surface area contributed by atoms with Crippen LogP contribution in [0.5, 0.6) is 0 Å². The van der Waals surface area contributed by atoms with Crippen LogP contribution in [0.15, 0.2) is 0 Å². The summed E-state index contributed by atoms with van der Waals surface area (Å²) in [6.45, 7) is 2.13. The second-order valence-electron chi connectivity index (χ2n) is 3.48. The number of hydrogen-bond acceptors (Lipinski definition) is 3. The minimum Gasteiger partial charge on any atom is -0.385 e. The molecule has 0 N–H and O–H groups in total. The van der Waals surface area contributed by atoms with E-state index in [1.54, 1.807) is 7.11 Å². The van der Waals surface area contributed by atoms with Crippen molar-refractivity contribution in [3.63, 3.8) is 0 Å². The average Bonchev–Trinajstić information content (AvgIpc) is 2.19. The molecule has 0 aromatic rings. The number of ether oxygens (including phenoxy) is 2. The molecule has 0 bridgehead atoms. The van der Waals surface area contributed by atoms with Gasteiger partial charge in [0.25, 0.3) is 0 Å². The number of Topliss-reactive ketones (excluding diaryl/α,β-unsaturated/α-hetero) is 1. The minimum atomic E-state index is 0.158. The summed E-state index contributed by atoms with van der Waals surface area (Å²) in [5.41, 5.74) is 0. The summed E-state index contributed by atoms with van der Waals surface area (Å²) in [6.07, 6.45) is 3.51. The third kappa shape index (κ3) is 3.87. The summed E-state index contributed by atoms with van der Waals surface area (Å²) in [4.78, 5) is 11.5. The lowest BCUT2D eigenvalue weighted by Gasteiger charge is -2.20. The summed E-state index contributed by atoms with van der Waals surface area (Å²) in [6, 6.07) is 0. The zero-order chi connectivity index (χ0) is 9.52. The van der Waals surface area contributed by atoms with Crippen LogP contribution in [0.2, 0.25) is 0 Å². The molecule has 3 nitrogen and oxygen atoms in total. The molecule has 1 saturated heterocycles. The summed E-state index contributed by atoms with van der Waals surface area (Å²) < 4.78 is 10.2. The number of carbonyl (C=O) groups excluding carboxylic acids is 1. The van der Waals surface area contributed by atoms with E-state index in [0.717, 1.165) is 25.9 Å². The fraction of sp³-hybridized carbons (Fsp3) is 0.900. The van der Waals surface area contributed by atoms with Crippen molar-refractivity contribution in [3.8, 4) is 0 Å². The van der Waals surface area contributed by atoms with E-state index in [1.165, 1.54) is 0 Å². The molecule has 1 aliphatic rings. The molecule has 0 aromatic carbocycles. The molecule has 76 valence electrons. The molecule has 0 aromatic heterocycles. The van der Waals surface area contributed by atoms with Crippen LogP contribution in [-0.2, 0) is 14.3 Å². The molecule has 3 heteroatoms. The van der Waals surface area contributed by atoms with Crippen LogP contribution < -0.4 is 0 Å². The molecule has 0 saturated carbocycles. The molecule has 0 amide bonds. The average molecular weight is 186 g/mol. The highest BCUT2D eigenvalue weighted by molar-refractivity contribution is 5.81. The summed E-state index contributed by atoms with van der Waals surface area (Å²) >= 11 is 0. The second kappa shape index (κ2) is 6.11. The molecule has 1 unspecified atom stereocenters. The van der Waals surface area contributed by atoms with Gasteiger partial charge in [0.1, 0.15) is 5.78 Å². The number of hydrogen-bond donors (Lipinski definition) is 0. The van der Waals surface area contributed by atoms with E-state index in [4.69, 9.17) is 9.47 Å². The van der Waals surface area contributed by atoms with Crippen LogP contribution in [0, 0.1) is 5.92 Å². The van der Waals surface area contributed by atoms with E-state index in [0.29, 0.717) is 25.4 Å². The molecule has 0 spiro atoms. The highest BCUT2D eigenvalue weighted by atomic mass is 16.5. The first-order valence-electron chi connectivity index (χ1n) is 4.94. The highest BCUT2D eigenvalue weighted by Gasteiger charge is 2.20. The zero-order valence-electron chi connectivity index (χ0n) is 8.25. The molecule has 1 rings (SSSR count). The Morgan fingerprint density at radius 1 is 1.62 bits per heavy atom. The normalized spacial score (nSPS) is 23.0. The summed E-state index contributed by atoms with van der Waals surface area (Å²) in [5, 5.41) is 0. The van der Waals surface area contributed by atoms with Crippen molar-refractivity contribution in [2.75, 3.05) is 26.9 Å². The van der Waals surface area contributed by atoms with Gasteiger partial charge in [0.15, 0.2) is 0 Å². The standard InChI is InChI=1S/C10H18O3/c1-12-6-3-5-10(11)9-4-2-7-13-8-9/h9H,2-8H2,1H3. The van der Waals surface area contributed by atoms with E-state index in [-0.39, 0.29) is 5.92 Å². The lowest BCUT2D eigenvalue weighted by Crippen LogP contribution is -2.25. The van der Waals surface area contributed by atoms with Gasteiger partial charge in [-0.2, -0.15) is 0 Å². The molecule has 0 radical (unpaired) electrons. The monoisotopic (exact) mass is 186 g/mol. The predicted octanol–water partition coefficient (Wildman–Crippen LogP) is 1.41. The van der Waals surface area contributed by atoms with Gasteiger partial charge in [0, 0.05) is 32.7 Å². The maximum absolute atomic E-state index is 11.5. The molecule has 13 heavy (non-hydrogen) atoms. The number of rotatable bonds is 5. The van der Waals surface area contributed by atoms with Gasteiger partial charge in [-0.15, -0.1) is 0 Å². The third-order valence-corrected chi connectivity index (χ3v) is 2.39. The van der Waals surface area contributed by atoms with Gasteiger partial charge in [0.2, 0.25) is 0 Å². The maximum atomic E-state index is 11.5. The van der Waals surface area contributed by atoms with Gasteiger partial charge < -0.3 is 9.47 Å². The molecule has 1 fully saturated rings. The third-order valence-electron chi connectivity index (χ3n) is 2.39. The number of carbonyl (C=O) groups is 1. The van der Waals surface area contributed by atoms with Gasteiger partial charge in [0.05, 0.1) is 6.61 Å².